The van der Waals surface area contributed by atoms with Crippen LogP contribution in [0.25, 0.3) is 0 Å². The van der Waals surface area contributed by atoms with Gasteiger partial charge in [-0.15, -0.1) is 0 Å². The summed E-state index contributed by atoms with van der Waals surface area (Å²) in [5.41, 5.74) is 0. The summed E-state index contributed by atoms with van der Waals surface area (Å²) in [7, 11) is 3.30. The van der Waals surface area contributed by atoms with Gasteiger partial charge in [-0.05, 0) is 19.8 Å². The van der Waals surface area contributed by atoms with Crippen molar-refractivity contribution in [1.29, 1.82) is 0 Å². The third-order valence-electron chi connectivity index (χ3n) is 2.84. The van der Waals surface area contributed by atoms with E-state index >= 15 is 0 Å². The number of nitrogens with one attached hydrogen (secondary N) is 1. The van der Waals surface area contributed by atoms with Crippen molar-refractivity contribution in [3.8, 4) is 0 Å². The van der Waals surface area contributed by atoms with Gasteiger partial charge in [-0.2, -0.15) is 0 Å². The van der Waals surface area contributed by atoms with Crippen LogP contribution < -0.4 is 5.32 Å². The molecule has 20 heavy (non-hydrogen) atoms. The van der Waals surface area contributed by atoms with Crippen LogP contribution in [0.2, 0.25) is 0 Å². The molecule has 3 amide bonds. The molecule has 0 unspecified atom stereocenters. The zero-order valence-corrected chi connectivity index (χ0v) is 12.5. The summed E-state index contributed by atoms with van der Waals surface area (Å²) in [5.74, 6) is -0.920. The van der Waals surface area contributed by atoms with E-state index in [0.717, 1.165) is 12.8 Å². The molecule has 0 spiro atoms. The van der Waals surface area contributed by atoms with Gasteiger partial charge in [0.05, 0.1) is 0 Å². The number of carboxylic acids is 1. The zero-order valence-electron chi connectivity index (χ0n) is 12.5. The molecule has 0 fully saturated rings. The Morgan fingerprint density at radius 1 is 1.10 bits per heavy atom. The molecule has 2 N–H and O–H groups in total. The first-order valence-corrected chi connectivity index (χ1v) is 6.83. The molecule has 0 atom stereocenters. The second-order valence-electron chi connectivity index (χ2n) is 4.74. The number of amides is 3. The predicted molar refractivity (Wildman–Crippen MR) is 75.4 cm³/mol. The molecule has 0 radical (unpaired) electrons. The second kappa shape index (κ2) is 10.1. The van der Waals surface area contributed by atoms with Gasteiger partial charge < -0.3 is 20.2 Å². The highest BCUT2D eigenvalue weighted by molar-refractivity contribution is 5.83. The maximum Gasteiger partial charge on any atom is 0.317 e. The van der Waals surface area contributed by atoms with Crippen LogP contribution in [0, 0.1) is 0 Å². The van der Waals surface area contributed by atoms with Gasteiger partial charge in [0.15, 0.2) is 0 Å². The van der Waals surface area contributed by atoms with E-state index in [1.165, 1.54) is 9.80 Å². The summed E-state index contributed by atoms with van der Waals surface area (Å²) >= 11 is 0. The third kappa shape index (κ3) is 8.34. The molecule has 0 saturated heterocycles. The molecule has 0 bridgehead atoms. The number of carboxylic acid groups (broad SMARTS) is 1. The van der Waals surface area contributed by atoms with Crippen molar-refractivity contribution in [2.45, 2.75) is 32.6 Å². The van der Waals surface area contributed by atoms with Crippen LogP contribution in [-0.2, 0) is 9.59 Å². The number of carbonyl (C=O) groups is 3. The van der Waals surface area contributed by atoms with Crippen LogP contribution >= 0.6 is 0 Å². The van der Waals surface area contributed by atoms with Crippen molar-refractivity contribution < 1.29 is 19.5 Å². The standard InChI is InChI=1S/C13H25N3O4/c1-4-16(10-11(17)15(2)3)13(20)14-9-7-5-6-8-12(18)19/h4-10H2,1-3H3,(H,14,20)(H,18,19). The van der Waals surface area contributed by atoms with E-state index in [1.54, 1.807) is 14.1 Å². The number of likely N-dealkylation sites (N-methyl/N-ethyl adjacent to an activating group) is 2. The van der Waals surface area contributed by atoms with Crippen molar-refractivity contribution in [2.24, 2.45) is 0 Å². The van der Waals surface area contributed by atoms with Crippen LogP contribution in [-0.4, -0.2) is 66.5 Å². The van der Waals surface area contributed by atoms with Crippen LogP contribution in [0.15, 0.2) is 0 Å². The normalized spacial score (nSPS) is 9.95. The first kappa shape index (κ1) is 18.2. The highest BCUT2D eigenvalue weighted by atomic mass is 16.4. The van der Waals surface area contributed by atoms with Crippen LogP contribution in [0.4, 0.5) is 4.79 Å². The van der Waals surface area contributed by atoms with Crippen molar-refractivity contribution in [1.82, 2.24) is 15.1 Å². The molecule has 0 aliphatic carbocycles. The van der Waals surface area contributed by atoms with Gasteiger partial charge in [-0.1, -0.05) is 6.42 Å². The van der Waals surface area contributed by atoms with Crippen LogP contribution in [0.1, 0.15) is 32.6 Å². The third-order valence-corrected chi connectivity index (χ3v) is 2.84. The van der Waals surface area contributed by atoms with E-state index in [1.807, 2.05) is 6.92 Å². The van der Waals surface area contributed by atoms with Gasteiger partial charge >= 0.3 is 12.0 Å². The predicted octanol–water partition coefficient (Wildman–Crippen LogP) is 0.751. The Morgan fingerprint density at radius 2 is 1.75 bits per heavy atom. The van der Waals surface area contributed by atoms with E-state index in [2.05, 4.69) is 5.32 Å². The number of nitrogens with zero attached hydrogens (tertiary/aromatic N) is 2. The van der Waals surface area contributed by atoms with Crippen molar-refractivity contribution in [3.05, 3.63) is 0 Å². The number of urea groups is 1. The highest BCUT2D eigenvalue weighted by Gasteiger charge is 2.15. The van der Waals surface area contributed by atoms with Crippen molar-refractivity contribution >= 4 is 17.9 Å². The first-order valence-electron chi connectivity index (χ1n) is 6.83. The minimum absolute atomic E-state index is 0.0638. The molecule has 7 heteroatoms. The summed E-state index contributed by atoms with van der Waals surface area (Å²) < 4.78 is 0. The van der Waals surface area contributed by atoms with Gasteiger partial charge in [-0.25, -0.2) is 4.79 Å². The van der Waals surface area contributed by atoms with Gasteiger partial charge in [0.2, 0.25) is 5.91 Å². The van der Waals surface area contributed by atoms with Gasteiger partial charge in [-0.3, -0.25) is 9.59 Å². The lowest BCUT2D eigenvalue weighted by Crippen LogP contribution is -2.45. The van der Waals surface area contributed by atoms with Crippen molar-refractivity contribution in [3.63, 3.8) is 0 Å². The maximum absolute atomic E-state index is 11.8. The fourth-order valence-corrected chi connectivity index (χ4v) is 1.52. The van der Waals surface area contributed by atoms with E-state index in [9.17, 15) is 14.4 Å². The minimum Gasteiger partial charge on any atom is -0.481 e. The van der Waals surface area contributed by atoms with E-state index in [-0.39, 0.29) is 24.9 Å². The number of hydrogen-bond acceptors (Lipinski definition) is 3. The van der Waals surface area contributed by atoms with Gasteiger partial charge in [0.25, 0.3) is 0 Å². The second-order valence-corrected chi connectivity index (χ2v) is 4.74. The van der Waals surface area contributed by atoms with Gasteiger partial charge in [0.1, 0.15) is 6.54 Å². The molecular weight excluding hydrogens is 262 g/mol. The highest BCUT2D eigenvalue weighted by Crippen LogP contribution is 1.99. The van der Waals surface area contributed by atoms with E-state index in [0.29, 0.717) is 19.5 Å². The molecule has 0 rings (SSSR count). The lowest BCUT2D eigenvalue weighted by Gasteiger charge is -2.22. The molecule has 0 aromatic rings. The Labute approximate surface area is 119 Å². The number of hydrogen-bond donors (Lipinski definition) is 2. The summed E-state index contributed by atoms with van der Waals surface area (Å²) in [6, 6.07) is -0.263. The van der Waals surface area contributed by atoms with E-state index < -0.39 is 5.97 Å². The smallest absolute Gasteiger partial charge is 0.317 e. The molecule has 0 heterocycles. The summed E-state index contributed by atoms with van der Waals surface area (Å²) in [5, 5.41) is 11.2. The fourth-order valence-electron chi connectivity index (χ4n) is 1.52. The average Bonchev–Trinajstić information content (AvgIpc) is 2.38. The summed E-state index contributed by atoms with van der Waals surface area (Å²) in [6.07, 6.45) is 2.27. The lowest BCUT2D eigenvalue weighted by atomic mass is 10.2. The molecule has 0 aliphatic heterocycles. The average molecular weight is 287 g/mol. The fraction of sp³-hybridized carbons (Fsp3) is 0.769. The molecule has 0 saturated carbocycles. The molecule has 0 aliphatic rings. The largest absolute Gasteiger partial charge is 0.481 e. The Morgan fingerprint density at radius 3 is 2.25 bits per heavy atom. The van der Waals surface area contributed by atoms with Crippen LogP contribution in [0.5, 0.6) is 0 Å². The molecular formula is C13H25N3O4. The Balaban J connectivity index is 3.87. The Kier molecular flexibility index (Phi) is 9.15. The van der Waals surface area contributed by atoms with Crippen molar-refractivity contribution in [2.75, 3.05) is 33.7 Å². The summed E-state index contributed by atoms with van der Waals surface area (Å²) in [4.78, 5) is 36.6. The van der Waals surface area contributed by atoms with Crippen LogP contribution in [0.3, 0.4) is 0 Å². The molecule has 0 aromatic carbocycles. The molecule has 7 nitrogen and oxygen atoms in total. The number of carbonyl (C=O) groups excluding carboxylic acids is 2. The zero-order chi connectivity index (χ0) is 15.5. The number of aliphatic carboxylic acids is 1. The summed E-state index contributed by atoms with van der Waals surface area (Å²) in [6.45, 7) is 2.83. The lowest BCUT2D eigenvalue weighted by molar-refractivity contribution is -0.137. The van der Waals surface area contributed by atoms with Gasteiger partial charge in [0, 0.05) is 33.6 Å². The Hall–Kier alpha value is -1.79. The quantitative estimate of drug-likeness (QED) is 0.612. The maximum atomic E-state index is 11.8. The molecule has 116 valence electrons. The SMILES string of the molecule is CCN(CC(=O)N(C)C)C(=O)NCCCCCC(=O)O. The number of rotatable bonds is 9. The first-order chi connectivity index (χ1) is 9.38. The monoisotopic (exact) mass is 287 g/mol. The Bertz CT molecular complexity index is 332. The minimum atomic E-state index is -0.798. The topological polar surface area (TPSA) is 90.0 Å². The number of unbranched alkanes of at least 4 members (excludes halogenated alkanes) is 2. The van der Waals surface area contributed by atoms with E-state index in [4.69, 9.17) is 5.11 Å². The molecule has 0 aromatic heterocycles.